The fraction of sp³-hybridized carbons (Fsp3) is 0.727. The summed E-state index contributed by atoms with van der Waals surface area (Å²) in [5.74, 6) is 0.493. The van der Waals surface area contributed by atoms with Crippen molar-refractivity contribution < 1.29 is 9.90 Å². The zero-order chi connectivity index (χ0) is 11.6. The molecule has 1 aromatic rings. The average molecular weight is 223 g/mol. The summed E-state index contributed by atoms with van der Waals surface area (Å²) in [4.78, 5) is 16.0. The molecule has 0 bridgehead atoms. The summed E-state index contributed by atoms with van der Waals surface area (Å²) >= 11 is 0. The number of carbonyl (C=O) groups excluding carboxylic acids is 1. The second kappa shape index (κ2) is 4.33. The predicted molar refractivity (Wildman–Crippen MR) is 57.7 cm³/mol. The zero-order valence-electron chi connectivity index (χ0n) is 9.52. The Hall–Kier alpha value is -1.23. The lowest BCUT2D eigenvalue weighted by atomic mass is 9.81. The van der Waals surface area contributed by atoms with Crippen molar-refractivity contribution in [1.29, 1.82) is 0 Å². The van der Waals surface area contributed by atoms with Crippen LogP contribution in [-0.2, 0) is 18.3 Å². The Labute approximate surface area is 94.5 Å². The van der Waals surface area contributed by atoms with Crippen LogP contribution in [0.15, 0.2) is 6.33 Å². The Kier molecular flexibility index (Phi) is 3.05. The van der Waals surface area contributed by atoms with E-state index in [2.05, 4.69) is 10.1 Å². The Balaban J connectivity index is 2.05. The molecule has 1 fully saturated rings. The molecule has 1 aromatic heterocycles. The van der Waals surface area contributed by atoms with E-state index in [1.807, 2.05) is 0 Å². The molecule has 0 spiro atoms. The minimum atomic E-state index is -1.12. The van der Waals surface area contributed by atoms with Crippen LogP contribution in [0, 0.1) is 0 Å². The Morgan fingerprint density at radius 1 is 1.50 bits per heavy atom. The number of hydrogen-bond donors (Lipinski definition) is 1. The molecule has 1 saturated carbocycles. The number of aliphatic hydroxyl groups is 1. The van der Waals surface area contributed by atoms with Crippen molar-refractivity contribution in [3.8, 4) is 0 Å². The van der Waals surface area contributed by atoms with Crippen molar-refractivity contribution in [2.45, 2.75) is 44.1 Å². The summed E-state index contributed by atoms with van der Waals surface area (Å²) in [5.41, 5.74) is -1.12. The first-order valence-corrected chi connectivity index (χ1v) is 5.70. The van der Waals surface area contributed by atoms with Gasteiger partial charge in [-0.2, -0.15) is 5.10 Å². The van der Waals surface area contributed by atoms with Gasteiger partial charge in [-0.15, -0.1) is 0 Å². The van der Waals surface area contributed by atoms with Gasteiger partial charge in [-0.1, -0.05) is 19.3 Å². The Morgan fingerprint density at radius 2 is 2.19 bits per heavy atom. The van der Waals surface area contributed by atoms with Gasteiger partial charge in [-0.3, -0.25) is 9.48 Å². The van der Waals surface area contributed by atoms with Crippen molar-refractivity contribution in [2.75, 3.05) is 0 Å². The summed E-state index contributed by atoms with van der Waals surface area (Å²) in [6, 6.07) is 0. The van der Waals surface area contributed by atoms with E-state index in [1.54, 1.807) is 11.7 Å². The number of carbonyl (C=O) groups is 1. The van der Waals surface area contributed by atoms with Gasteiger partial charge in [-0.25, -0.2) is 4.98 Å². The molecular weight excluding hydrogens is 206 g/mol. The molecule has 0 saturated heterocycles. The summed E-state index contributed by atoms with van der Waals surface area (Å²) < 4.78 is 1.57. The topological polar surface area (TPSA) is 68.0 Å². The van der Waals surface area contributed by atoms with E-state index in [0.29, 0.717) is 18.7 Å². The minimum Gasteiger partial charge on any atom is -0.382 e. The molecular formula is C11H17N3O2. The zero-order valence-corrected chi connectivity index (χ0v) is 9.52. The minimum absolute atomic E-state index is 0.122. The van der Waals surface area contributed by atoms with Gasteiger partial charge in [0, 0.05) is 7.05 Å². The van der Waals surface area contributed by atoms with Gasteiger partial charge in [0.1, 0.15) is 17.8 Å². The van der Waals surface area contributed by atoms with Gasteiger partial charge >= 0.3 is 0 Å². The molecule has 16 heavy (non-hydrogen) atoms. The SMILES string of the molecule is Cn1ncnc1CC(=O)C1(O)CCCCC1. The van der Waals surface area contributed by atoms with E-state index in [1.165, 1.54) is 6.33 Å². The number of hydrogen-bond acceptors (Lipinski definition) is 4. The first kappa shape index (κ1) is 11.3. The van der Waals surface area contributed by atoms with Crippen LogP contribution >= 0.6 is 0 Å². The molecule has 1 heterocycles. The number of rotatable bonds is 3. The molecule has 0 amide bonds. The highest BCUT2D eigenvalue weighted by Gasteiger charge is 2.36. The Morgan fingerprint density at radius 3 is 2.75 bits per heavy atom. The third kappa shape index (κ3) is 2.14. The first-order valence-electron chi connectivity index (χ1n) is 5.70. The van der Waals surface area contributed by atoms with Crippen LogP contribution in [0.4, 0.5) is 0 Å². The highest BCUT2D eigenvalue weighted by molar-refractivity contribution is 5.88. The van der Waals surface area contributed by atoms with Crippen LogP contribution in [0.25, 0.3) is 0 Å². The smallest absolute Gasteiger partial charge is 0.171 e. The maximum Gasteiger partial charge on any atom is 0.171 e. The number of aromatic nitrogens is 3. The molecule has 1 aliphatic carbocycles. The van der Waals surface area contributed by atoms with Crippen molar-refractivity contribution in [3.63, 3.8) is 0 Å². The number of ketones is 1. The molecule has 88 valence electrons. The van der Waals surface area contributed by atoms with Crippen LogP contribution in [0.1, 0.15) is 37.9 Å². The quantitative estimate of drug-likeness (QED) is 0.815. The van der Waals surface area contributed by atoms with Gasteiger partial charge in [0.05, 0.1) is 6.42 Å². The van der Waals surface area contributed by atoms with Crippen LogP contribution < -0.4 is 0 Å². The molecule has 0 radical (unpaired) electrons. The largest absolute Gasteiger partial charge is 0.382 e. The third-order valence-corrected chi connectivity index (χ3v) is 3.32. The molecule has 2 rings (SSSR count). The standard InChI is InChI=1S/C11H17N3O2/c1-14-10(12-8-13-14)7-9(15)11(16)5-3-2-4-6-11/h8,16H,2-7H2,1H3. The second-order valence-corrected chi connectivity index (χ2v) is 4.49. The summed E-state index contributed by atoms with van der Waals surface area (Å²) in [7, 11) is 1.75. The molecule has 0 atom stereocenters. The van der Waals surface area contributed by atoms with E-state index in [0.717, 1.165) is 19.3 Å². The lowest BCUT2D eigenvalue weighted by Gasteiger charge is -2.30. The van der Waals surface area contributed by atoms with E-state index < -0.39 is 5.60 Å². The maximum atomic E-state index is 12.0. The normalized spacial score (nSPS) is 19.6. The van der Waals surface area contributed by atoms with Gasteiger partial charge in [0.15, 0.2) is 5.78 Å². The monoisotopic (exact) mass is 223 g/mol. The van der Waals surface area contributed by atoms with Crippen molar-refractivity contribution >= 4 is 5.78 Å². The molecule has 1 aliphatic rings. The van der Waals surface area contributed by atoms with Crippen LogP contribution in [-0.4, -0.2) is 31.3 Å². The highest BCUT2D eigenvalue weighted by Crippen LogP contribution is 2.29. The van der Waals surface area contributed by atoms with Gasteiger partial charge in [-0.05, 0) is 12.8 Å². The number of aryl methyl sites for hydroxylation is 1. The van der Waals surface area contributed by atoms with Gasteiger partial charge < -0.3 is 5.11 Å². The molecule has 5 nitrogen and oxygen atoms in total. The van der Waals surface area contributed by atoms with Crippen LogP contribution in [0.2, 0.25) is 0 Å². The van der Waals surface area contributed by atoms with E-state index >= 15 is 0 Å². The van der Waals surface area contributed by atoms with E-state index in [4.69, 9.17) is 0 Å². The van der Waals surface area contributed by atoms with E-state index in [-0.39, 0.29) is 12.2 Å². The third-order valence-electron chi connectivity index (χ3n) is 3.32. The lowest BCUT2D eigenvalue weighted by molar-refractivity contribution is -0.140. The first-order chi connectivity index (χ1) is 7.62. The predicted octanol–water partition coefficient (Wildman–Crippen LogP) is 0.622. The second-order valence-electron chi connectivity index (χ2n) is 4.49. The molecule has 5 heteroatoms. The Bertz CT molecular complexity index is 380. The van der Waals surface area contributed by atoms with E-state index in [9.17, 15) is 9.90 Å². The number of nitrogens with zero attached hydrogens (tertiary/aromatic N) is 3. The van der Waals surface area contributed by atoms with Gasteiger partial charge in [0.2, 0.25) is 0 Å². The van der Waals surface area contributed by atoms with Crippen molar-refractivity contribution in [2.24, 2.45) is 7.05 Å². The van der Waals surface area contributed by atoms with Crippen LogP contribution in [0.5, 0.6) is 0 Å². The lowest BCUT2D eigenvalue weighted by Crippen LogP contribution is -2.41. The average Bonchev–Trinajstić information content (AvgIpc) is 2.65. The van der Waals surface area contributed by atoms with Gasteiger partial charge in [0.25, 0.3) is 0 Å². The number of Topliss-reactive ketones (excluding diaryl/α,β-unsaturated/α-hetero) is 1. The van der Waals surface area contributed by atoms with Crippen LogP contribution in [0.3, 0.4) is 0 Å². The highest BCUT2D eigenvalue weighted by atomic mass is 16.3. The maximum absolute atomic E-state index is 12.0. The molecule has 1 N–H and O–H groups in total. The van der Waals surface area contributed by atoms with Crippen molar-refractivity contribution in [1.82, 2.24) is 14.8 Å². The summed E-state index contributed by atoms with van der Waals surface area (Å²) in [5, 5.41) is 14.1. The molecule has 0 unspecified atom stereocenters. The molecule has 0 aromatic carbocycles. The summed E-state index contributed by atoms with van der Waals surface area (Å²) in [6.45, 7) is 0. The van der Waals surface area contributed by atoms with Crippen molar-refractivity contribution in [3.05, 3.63) is 12.2 Å². The molecule has 0 aliphatic heterocycles. The summed E-state index contributed by atoms with van der Waals surface area (Å²) in [6.07, 6.45) is 5.75. The fourth-order valence-electron chi connectivity index (χ4n) is 2.20. The fourth-order valence-corrected chi connectivity index (χ4v) is 2.20.